The maximum Gasteiger partial charge on any atom is 0.0839 e. The summed E-state index contributed by atoms with van der Waals surface area (Å²) in [5.74, 6) is 0. The van der Waals surface area contributed by atoms with Crippen molar-refractivity contribution in [3.05, 3.63) is 28.8 Å². The second kappa shape index (κ2) is 5.25. The highest BCUT2D eigenvalue weighted by Gasteiger charge is 2.22. The molecule has 0 aromatic heterocycles. The van der Waals surface area contributed by atoms with Crippen LogP contribution < -0.4 is 10.2 Å². The zero-order valence-corrected chi connectivity index (χ0v) is 11.0. The summed E-state index contributed by atoms with van der Waals surface area (Å²) in [6, 6.07) is 6.27. The van der Waals surface area contributed by atoms with Crippen LogP contribution in [-0.2, 0) is 0 Å². The van der Waals surface area contributed by atoms with E-state index in [9.17, 15) is 5.11 Å². The monoisotopic (exact) mass is 254 g/mol. The first-order chi connectivity index (χ1) is 8.08. The van der Waals surface area contributed by atoms with Gasteiger partial charge in [-0.15, -0.1) is 0 Å². The number of aryl methyl sites for hydroxylation is 1. The van der Waals surface area contributed by atoms with Gasteiger partial charge in [-0.2, -0.15) is 0 Å². The number of benzene rings is 1. The Labute approximate surface area is 107 Å². The zero-order valence-electron chi connectivity index (χ0n) is 10.3. The van der Waals surface area contributed by atoms with Crippen molar-refractivity contribution >= 4 is 17.3 Å². The molecule has 4 heteroatoms. The van der Waals surface area contributed by atoms with Crippen LogP contribution in [0, 0.1) is 6.92 Å². The van der Waals surface area contributed by atoms with E-state index >= 15 is 0 Å². The van der Waals surface area contributed by atoms with Crippen molar-refractivity contribution in [3.8, 4) is 0 Å². The molecule has 0 radical (unpaired) electrons. The van der Waals surface area contributed by atoms with Gasteiger partial charge in [0.05, 0.1) is 6.10 Å². The maximum absolute atomic E-state index is 9.85. The molecule has 2 unspecified atom stereocenters. The van der Waals surface area contributed by atoms with Crippen LogP contribution in [0.15, 0.2) is 18.2 Å². The highest BCUT2D eigenvalue weighted by molar-refractivity contribution is 6.30. The molecule has 1 aromatic rings. The third-order valence-corrected chi connectivity index (χ3v) is 3.46. The van der Waals surface area contributed by atoms with Crippen molar-refractivity contribution in [2.24, 2.45) is 0 Å². The first-order valence-electron chi connectivity index (χ1n) is 5.99. The van der Waals surface area contributed by atoms with Crippen molar-refractivity contribution in [2.75, 3.05) is 24.5 Å². The van der Waals surface area contributed by atoms with Crippen LogP contribution in [0.3, 0.4) is 0 Å². The van der Waals surface area contributed by atoms with Crippen LogP contribution in [0.1, 0.15) is 12.5 Å². The van der Waals surface area contributed by atoms with Gasteiger partial charge in [-0.3, -0.25) is 0 Å². The van der Waals surface area contributed by atoms with Crippen LogP contribution in [-0.4, -0.2) is 36.9 Å². The second-order valence-corrected chi connectivity index (χ2v) is 5.18. The Bertz CT molecular complexity index is 397. The van der Waals surface area contributed by atoms with Gasteiger partial charge in [0.1, 0.15) is 0 Å². The quantitative estimate of drug-likeness (QED) is 0.802. The van der Waals surface area contributed by atoms with Gasteiger partial charge in [0.25, 0.3) is 0 Å². The molecule has 2 rings (SSSR count). The highest BCUT2D eigenvalue weighted by Crippen LogP contribution is 2.26. The fraction of sp³-hybridized carbons (Fsp3) is 0.538. The van der Waals surface area contributed by atoms with Gasteiger partial charge in [0, 0.05) is 36.4 Å². The SMILES string of the molecule is Cc1cc(Cl)ccc1N1CC(O)CNCC1C. The molecule has 1 aliphatic rings. The number of hydrogen-bond donors (Lipinski definition) is 2. The van der Waals surface area contributed by atoms with Crippen LogP contribution >= 0.6 is 11.6 Å². The zero-order chi connectivity index (χ0) is 12.4. The van der Waals surface area contributed by atoms with Gasteiger partial charge in [0.15, 0.2) is 0 Å². The van der Waals surface area contributed by atoms with E-state index in [4.69, 9.17) is 11.6 Å². The molecule has 2 atom stereocenters. The molecule has 0 aliphatic carbocycles. The molecule has 1 heterocycles. The normalized spacial score (nSPS) is 25.8. The van der Waals surface area contributed by atoms with E-state index in [2.05, 4.69) is 24.1 Å². The summed E-state index contributed by atoms with van der Waals surface area (Å²) in [4.78, 5) is 2.25. The molecular weight excluding hydrogens is 236 g/mol. The Hall–Kier alpha value is -0.770. The largest absolute Gasteiger partial charge is 0.390 e. The molecule has 3 nitrogen and oxygen atoms in total. The van der Waals surface area contributed by atoms with E-state index < -0.39 is 0 Å². The number of anilines is 1. The Kier molecular flexibility index (Phi) is 3.92. The topological polar surface area (TPSA) is 35.5 Å². The van der Waals surface area contributed by atoms with E-state index in [-0.39, 0.29) is 6.10 Å². The maximum atomic E-state index is 9.85. The lowest BCUT2D eigenvalue weighted by atomic mass is 10.1. The van der Waals surface area contributed by atoms with Gasteiger partial charge in [0.2, 0.25) is 0 Å². The summed E-state index contributed by atoms with van der Waals surface area (Å²) < 4.78 is 0. The molecule has 1 saturated heterocycles. The van der Waals surface area contributed by atoms with Crippen molar-refractivity contribution in [1.82, 2.24) is 5.32 Å². The van der Waals surface area contributed by atoms with Crippen molar-refractivity contribution < 1.29 is 5.11 Å². The average molecular weight is 255 g/mol. The summed E-state index contributed by atoms with van der Waals surface area (Å²) >= 11 is 5.97. The molecular formula is C13H19ClN2O. The van der Waals surface area contributed by atoms with Gasteiger partial charge in [-0.25, -0.2) is 0 Å². The van der Waals surface area contributed by atoms with Crippen molar-refractivity contribution in [1.29, 1.82) is 0 Å². The van der Waals surface area contributed by atoms with Gasteiger partial charge in [-0.05, 0) is 37.6 Å². The van der Waals surface area contributed by atoms with Crippen LogP contribution in [0.2, 0.25) is 5.02 Å². The Morgan fingerprint density at radius 1 is 1.41 bits per heavy atom. The minimum Gasteiger partial charge on any atom is -0.390 e. The Morgan fingerprint density at radius 2 is 2.18 bits per heavy atom. The van der Waals surface area contributed by atoms with Gasteiger partial charge >= 0.3 is 0 Å². The van der Waals surface area contributed by atoms with Gasteiger partial charge < -0.3 is 15.3 Å². The first kappa shape index (κ1) is 12.7. The molecule has 0 saturated carbocycles. The van der Waals surface area contributed by atoms with Crippen molar-refractivity contribution in [3.63, 3.8) is 0 Å². The molecule has 0 amide bonds. The standard InChI is InChI=1S/C13H19ClN2O/c1-9-5-11(14)3-4-13(9)16-8-12(17)7-15-6-10(16)2/h3-5,10,12,15,17H,6-8H2,1-2H3. The summed E-state index contributed by atoms with van der Waals surface area (Å²) in [6.45, 7) is 6.43. The number of rotatable bonds is 1. The molecule has 94 valence electrons. The van der Waals surface area contributed by atoms with Gasteiger partial charge in [-0.1, -0.05) is 11.6 Å². The van der Waals surface area contributed by atoms with E-state index in [1.165, 1.54) is 0 Å². The number of aliphatic hydroxyl groups is 1. The molecule has 0 bridgehead atoms. The number of hydrogen-bond acceptors (Lipinski definition) is 3. The first-order valence-corrected chi connectivity index (χ1v) is 6.37. The highest BCUT2D eigenvalue weighted by atomic mass is 35.5. The number of halogens is 1. The lowest BCUT2D eigenvalue weighted by molar-refractivity contribution is 0.184. The molecule has 1 aromatic carbocycles. The van der Waals surface area contributed by atoms with Crippen LogP contribution in [0.4, 0.5) is 5.69 Å². The third-order valence-electron chi connectivity index (χ3n) is 3.23. The number of nitrogens with zero attached hydrogens (tertiary/aromatic N) is 1. The van der Waals surface area contributed by atoms with E-state index in [0.717, 1.165) is 22.8 Å². The minimum absolute atomic E-state index is 0.324. The molecule has 0 spiro atoms. The second-order valence-electron chi connectivity index (χ2n) is 4.74. The number of nitrogens with one attached hydrogen (secondary N) is 1. The lowest BCUT2D eigenvalue weighted by Crippen LogP contribution is -2.39. The summed E-state index contributed by atoms with van der Waals surface area (Å²) in [6.07, 6.45) is -0.324. The molecule has 1 fully saturated rings. The van der Waals surface area contributed by atoms with E-state index in [1.807, 2.05) is 18.2 Å². The van der Waals surface area contributed by atoms with Crippen LogP contribution in [0.25, 0.3) is 0 Å². The third kappa shape index (κ3) is 2.92. The minimum atomic E-state index is -0.324. The Balaban J connectivity index is 2.29. The Morgan fingerprint density at radius 3 is 2.88 bits per heavy atom. The predicted molar refractivity (Wildman–Crippen MR) is 71.9 cm³/mol. The number of β-amino-alcohol motifs (C(OH)–C–C–N with tert-alkyl or cyclic N) is 1. The average Bonchev–Trinajstić information content (AvgIpc) is 2.41. The lowest BCUT2D eigenvalue weighted by Gasteiger charge is -2.31. The van der Waals surface area contributed by atoms with E-state index in [0.29, 0.717) is 19.1 Å². The van der Waals surface area contributed by atoms with E-state index in [1.54, 1.807) is 0 Å². The summed E-state index contributed by atoms with van der Waals surface area (Å²) in [5, 5.41) is 13.9. The molecule has 2 N–H and O–H groups in total. The number of aliphatic hydroxyl groups excluding tert-OH is 1. The fourth-order valence-corrected chi connectivity index (χ4v) is 2.54. The predicted octanol–water partition coefficient (Wildman–Crippen LogP) is 1.81. The summed E-state index contributed by atoms with van der Waals surface area (Å²) in [5.41, 5.74) is 2.31. The van der Waals surface area contributed by atoms with Crippen molar-refractivity contribution in [2.45, 2.75) is 26.0 Å². The molecule has 17 heavy (non-hydrogen) atoms. The smallest absolute Gasteiger partial charge is 0.0839 e. The van der Waals surface area contributed by atoms with Crippen LogP contribution in [0.5, 0.6) is 0 Å². The molecule has 1 aliphatic heterocycles. The summed E-state index contributed by atoms with van der Waals surface area (Å²) in [7, 11) is 0. The fourth-order valence-electron chi connectivity index (χ4n) is 2.32.